The fraction of sp³-hybridized carbons (Fsp3) is 0.900. The maximum absolute atomic E-state index is 12.4. The minimum absolute atomic E-state index is 0.00340. The number of carbonyl (C=O) groups excluding carboxylic acids is 1. The molecule has 0 heterocycles. The van der Waals surface area contributed by atoms with E-state index in [1.165, 1.54) is 32.1 Å². The predicted octanol–water partition coefficient (Wildman–Crippen LogP) is 8.36. The van der Waals surface area contributed by atoms with Gasteiger partial charge < -0.3 is 8.85 Å². The van der Waals surface area contributed by atoms with E-state index in [1.807, 2.05) is 0 Å². The zero-order valence-corrected chi connectivity index (χ0v) is 26.6. The van der Waals surface area contributed by atoms with Gasteiger partial charge in [0.2, 0.25) is 0 Å². The fourth-order valence-electron chi connectivity index (χ4n) is 5.63. The second-order valence-corrected chi connectivity index (χ2v) is 24.4. The van der Waals surface area contributed by atoms with Crippen molar-refractivity contribution in [1.29, 1.82) is 0 Å². The molecule has 3 saturated carbocycles. The van der Waals surface area contributed by atoms with E-state index in [9.17, 15) is 4.79 Å². The summed E-state index contributed by atoms with van der Waals surface area (Å²) in [5.41, 5.74) is 0. The molecule has 0 aromatic rings. The fourth-order valence-corrected chi connectivity index (χ4v) is 8.22. The summed E-state index contributed by atoms with van der Waals surface area (Å²) in [5, 5.41) is 0.343. The molecule has 3 aliphatic rings. The van der Waals surface area contributed by atoms with E-state index in [2.05, 4.69) is 79.6 Å². The Morgan fingerprint density at radius 2 is 1.49 bits per heavy atom. The van der Waals surface area contributed by atoms with Crippen molar-refractivity contribution in [2.75, 3.05) is 0 Å². The molecule has 0 unspecified atom stereocenters. The van der Waals surface area contributed by atoms with Crippen molar-refractivity contribution in [2.45, 2.75) is 148 Å². The summed E-state index contributed by atoms with van der Waals surface area (Å²) < 4.78 is 13.9. The van der Waals surface area contributed by atoms with Crippen LogP contribution >= 0.6 is 0 Å². The summed E-state index contributed by atoms with van der Waals surface area (Å²) in [6.45, 7) is 23.3. The standard InChI is InChI=1S/C30H54O3Si2/c1-29(2,3)34(7,8)32-23(20-22-14-12-11-13-15-22)16-17-25-26-21-27(31)24(26)18-19-28(25)33-35(9,10)30(4,5)6/h22-26,28H,11-15,18-21H2,1-10H3/t23-,24+,25-,26+,28-/m1/s1. The van der Waals surface area contributed by atoms with Crippen molar-refractivity contribution in [1.82, 2.24) is 0 Å². The Balaban J connectivity index is 1.86. The van der Waals surface area contributed by atoms with Crippen LogP contribution in [0.25, 0.3) is 0 Å². The lowest BCUT2D eigenvalue weighted by Crippen LogP contribution is -2.53. The summed E-state index contributed by atoms with van der Waals surface area (Å²) in [6, 6.07) is 0. The lowest BCUT2D eigenvalue weighted by Gasteiger charge is -2.49. The molecule has 35 heavy (non-hydrogen) atoms. The number of fused-ring (bicyclic) bond motifs is 1. The number of Topliss-reactive ketones (excluding diaryl/α,β-unsaturated/α-hetero) is 1. The normalized spacial score (nSPS) is 29.6. The third-order valence-corrected chi connectivity index (χ3v) is 19.2. The molecule has 3 fully saturated rings. The van der Waals surface area contributed by atoms with Crippen LogP contribution in [-0.4, -0.2) is 34.6 Å². The Kier molecular flexibility index (Phi) is 8.95. The molecular weight excluding hydrogens is 464 g/mol. The third kappa shape index (κ3) is 6.92. The molecule has 5 atom stereocenters. The minimum Gasteiger partial charge on any atom is -0.413 e. The van der Waals surface area contributed by atoms with Crippen LogP contribution in [0.1, 0.15) is 99.3 Å². The number of ketones is 1. The first kappa shape index (κ1) is 29.1. The van der Waals surface area contributed by atoms with E-state index in [1.54, 1.807) is 0 Å². The highest BCUT2D eigenvalue weighted by molar-refractivity contribution is 6.74. The van der Waals surface area contributed by atoms with Gasteiger partial charge in [-0.15, -0.1) is 0 Å². The monoisotopic (exact) mass is 518 g/mol. The molecule has 0 bridgehead atoms. The lowest BCUT2D eigenvalue weighted by atomic mass is 9.59. The van der Waals surface area contributed by atoms with Gasteiger partial charge in [-0.1, -0.05) is 85.5 Å². The van der Waals surface area contributed by atoms with Crippen molar-refractivity contribution in [3.63, 3.8) is 0 Å². The van der Waals surface area contributed by atoms with Gasteiger partial charge in [0.15, 0.2) is 16.6 Å². The smallest absolute Gasteiger partial charge is 0.193 e. The summed E-state index contributed by atoms with van der Waals surface area (Å²) >= 11 is 0. The van der Waals surface area contributed by atoms with Crippen LogP contribution < -0.4 is 0 Å². The topological polar surface area (TPSA) is 35.5 Å². The molecule has 3 nitrogen and oxygen atoms in total. The van der Waals surface area contributed by atoms with Crippen LogP contribution in [0.3, 0.4) is 0 Å². The average Bonchev–Trinajstić information content (AvgIpc) is 2.71. The van der Waals surface area contributed by atoms with Crippen LogP contribution in [0, 0.1) is 35.5 Å². The van der Waals surface area contributed by atoms with Gasteiger partial charge in [0, 0.05) is 18.3 Å². The van der Waals surface area contributed by atoms with E-state index in [0.717, 1.165) is 25.2 Å². The first-order chi connectivity index (χ1) is 16.0. The molecule has 0 aliphatic heterocycles. The Morgan fingerprint density at radius 1 is 0.886 bits per heavy atom. The largest absolute Gasteiger partial charge is 0.413 e. The van der Waals surface area contributed by atoms with Crippen molar-refractivity contribution < 1.29 is 13.6 Å². The number of rotatable bonds is 6. The summed E-state index contributed by atoms with van der Waals surface area (Å²) in [5.74, 6) is 9.40. The molecule has 3 aliphatic carbocycles. The molecule has 0 radical (unpaired) electrons. The van der Waals surface area contributed by atoms with Crippen molar-refractivity contribution >= 4 is 22.4 Å². The molecule has 3 rings (SSSR count). The number of carbonyl (C=O) groups is 1. The second kappa shape index (κ2) is 10.8. The van der Waals surface area contributed by atoms with Gasteiger partial charge in [0.1, 0.15) is 11.9 Å². The van der Waals surface area contributed by atoms with Gasteiger partial charge in [-0.2, -0.15) is 0 Å². The third-order valence-electron chi connectivity index (χ3n) is 10.2. The number of hydrogen-bond donors (Lipinski definition) is 0. The van der Waals surface area contributed by atoms with Gasteiger partial charge >= 0.3 is 0 Å². The highest BCUT2D eigenvalue weighted by Crippen LogP contribution is 2.49. The molecule has 0 saturated heterocycles. The number of hydrogen-bond acceptors (Lipinski definition) is 3. The summed E-state index contributed by atoms with van der Waals surface area (Å²) in [7, 11) is -3.84. The quantitative estimate of drug-likeness (QED) is 0.262. The van der Waals surface area contributed by atoms with E-state index in [0.29, 0.717) is 18.1 Å². The molecule has 0 N–H and O–H groups in total. The first-order valence-electron chi connectivity index (χ1n) is 14.4. The molecule has 5 heteroatoms. The maximum atomic E-state index is 12.4. The van der Waals surface area contributed by atoms with Gasteiger partial charge in [-0.3, -0.25) is 4.79 Å². The van der Waals surface area contributed by atoms with Crippen LogP contribution in [0.2, 0.25) is 36.3 Å². The Hall–Kier alpha value is -0.416. The van der Waals surface area contributed by atoms with E-state index >= 15 is 0 Å². The van der Waals surface area contributed by atoms with Gasteiger partial charge in [0.05, 0.1) is 6.10 Å². The maximum Gasteiger partial charge on any atom is 0.193 e. The highest BCUT2D eigenvalue weighted by atomic mass is 28.4. The van der Waals surface area contributed by atoms with Crippen molar-refractivity contribution in [3.05, 3.63) is 0 Å². The van der Waals surface area contributed by atoms with Gasteiger partial charge in [0.25, 0.3) is 0 Å². The molecule has 0 aromatic heterocycles. The highest BCUT2D eigenvalue weighted by Gasteiger charge is 2.52. The van der Waals surface area contributed by atoms with Crippen LogP contribution in [0.5, 0.6) is 0 Å². The van der Waals surface area contributed by atoms with Gasteiger partial charge in [-0.05, 0) is 67.4 Å². The zero-order valence-electron chi connectivity index (χ0n) is 24.6. The Morgan fingerprint density at radius 3 is 2.03 bits per heavy atom. The summed E-state index contributed by atoms with van der Waals surface area (Å²) in [6.07, 6.45) is 10.6. The molecule has 0 amide bonds. The SMILES string of the molecule is CC(C)(C)[Si](C)(C)O[C@H](C#C[C@@H]1[C@H]2CC(=O)[C@H]2CC[C@H]1O[Si](C)(C)C(C)(C)C)CC1CCCCC1. The van der Waals surface area contributed by atoms with Crippen LogP contribution in [-0.2, 0) is 13.6 Å². The molecule has 0 aromatic carbocycles. The molecule has 0 spiro atoms. The predicted molar refractivity (Wildman–Crippen MR) is 152 cm³/mol. The summed E-state index contributed by atoms with van der Waals surface area (Å²) in [4.78, 5) is 12.4. The van der Waals surface area contributed by atoms with E-state index in [4.69, 9.17) is 8.85 Å². The second-order valence-electron chi connectivity index (χ2n) is 14.9. The lowest BCUT2D eigenvalue weighted by molar-refractivity contribution is -0.141. The van der Waals surface area contributed by atoms with Crippen LogP contribution in [0.4, 0.5) is 0 Å². The van der Waals surface area contributed by atoms with Crippen LogP contribution in [0.15, 0.2) is 0 Å². The average molecular weight is 519 g/mol. The Bertz CT molecular complexity index is 802. The minimum atomic E-state index is -1.93. The molecular formula is C30H54O3Si2. The van der Waals surface area contributed by atoms with Crippen molar-refractivity contribution in [2.24, 2.45) is 23.7 Å². The molecule has 200 valence electrons. The van der Waals surface area contributed by atoms with Crippen molar-refractivity contribution in [3.8, 4) is 11.8 Å². The van der Waals surface area contributed by atoms with E-state index < -0.39 is 16.6 Å². The zero-order chi connectivity index (χ0) is 26.2. The van der Waals surface area contributed by atoms with Gasteiger partial charge in [-0.25, -0.2) is 0 Å². The Labute approximate surface area is 219 Å². The van der Waals surface area contributed by atoms with E-state index in [-0.39, 0.29) is 34.1 Å². The first-order valence-corrected chi connectivity index (χ1v) is 20.2.